The normalized spacial score (nSPS) is 9.93. The molecule has 0 saturated carbocycles. The molecule has 0 spiro atoms. The predicted octanol–water partition coefficient (Wildman–Crippen LogP) is 2.36. The minimum Gasteiger partial charge on any atom is -0.356 e. The summed E-state index contributed by atoms with van der Waals surface area (Å²) < 4.78 is 0. The van der Waals surface area contributed by atoms with E-state index in [1.54, 1.807) is 0 Å². The molecule has 1 aromatic carbocycles. The summed E-state index contributed by atoms with van der Waals surface area (Å²) in [5, 5.41) is 2.87. The fourth-order valence-electron chi connectivity index (χ4n) is 1.31. The van der Waals surface area contributed by atoms with Crippen molar-refractivity contribution >= 4 is 17.5 Å². The minimum atomic E-state index is 0.0894. The van der Waals surface area contributed by atoms with Gasteiger partial charge in [0.1, 0.15) is 0 Å². The molecular weight excluding hydrogens is 210 g/mol. The maximum atomic E-state index is 11.2. The Balaban J connectivity index is 2.14. The number of benzene rings is 1. The molecule has 0 aliphatic carbocycles. The fraction of sp³-hybridized carbons (Fsp3) is 0.417. The monoisotopic (exact) mass is 225 g/mol. The lowest BCUT2D eigenvalue weighted by Crippen LogP contribution is -2.25. The number of alkyl halides is 1. The molecule has 2 nitrogen and oxygen atoms in total. The van der Waals surface area contributed by atoms with Crippen LogP contribution in [0.4, 0.5) is 0 Å². The lowest BCUT2D eigenvalue weighted by Gasteiger charge is -2.04. The van der Waals surface area contributed by atoms with Gasteiger partial charge >= 0.3 is 0 Å². The van der Waals surface area contributed by atoms with Crippen molar-refractivity contribution in [2.24, 2.45) is 0 Å². The average Bonchev–Trinajstić information content (AvgIpc) is 2.28. The zero-order valence-electron chi connectivity index (χ0n) is 8.71. The number of halogens is 1. The van der Waals surface area contributed by atoms with E-state index in [0.29, 0.717) is 18.8 Å². The largest absolute Gasteiger partial charge is 0.356 e. The van der Waals surface area contributed by atoms with Gasteiger partial charge in [-0.1, -0.05) is 30.3 Å². The van der Waals surface area contributed by atoms with Crippen molar-refractivity contribution < 1.29 is 4.79 Å². The predicted molar refractivity (Wildman–Crippen MR) is 63.1 cm³/mol. The Kier molecular flexibility index (Phi) is 5.86. The molecule has 1 amide bonds. The van der Waals surface area contributed by atoms with E-state index in [0.717, 1.165) is 12.8 Å². The van der Waals surface area contributed by atoms with Crippen LogP contribution in [0.3, 0.4) is 0 Å². The Hall–Kier alpha value is -1.02. The molecular formula is C12H16ClNO. The van der Waals surface area contributed by atoms with Crippen molar-refractivity contribution in [1.82, 2.24) is 5.32 Å². The first kappa shape index (κ1) is 12.1. The van der Waals surface area contributed by atoms with Gasteiger partial charge in [-0.15, -0.1) is 11.6 Å². The van der Waals surface area contributed by atoms with Crippen molar-refractivity contribution in [1.29, 1.82) is 0 Å². The van der Waals surface area contributed by atoms with Crippen molar-refractivity contribution in [3.05, 3.63) is 35.9 Å². The van der Waals surface area contributed by atoms with Gasteiger partial charge in [0.25, 0.3) is 0 Å². The molecule has 0 heterocycles. The molecule has 0 aromatic heterocycles. The number of hydrogen-bond acceptors (Lipinski definition) is 1. The molecule has 1 N–H and O–H groups in total. The number of carbonyl (C=O) groups is 1. The van der Waals surface area contributed by atoms with Crippen LogP contribution in [-0.2, 0) is 11.2 Å². The first-order valence-electron chi connectivity index (χ1n) is 5.19. The van der Waals surface area contributed by atoms with E-state index in [4.69, 9.17) is 11.6 Å². The van der Waals surface area contributed by atoms with Gasteiger partial charge in [-0.2, -0.15) is 0 Å². The quantitative estimate of drug-likeness (QED) is 0.740. The Morgan fingerprint density at radius 1 is 1.27 bits per heavy atom. The van der Waals surface area contributed by atoms with Gasteiger partial charge in [0.15, 0.2) is 0 Å². The van der Waals surface area contributed by atoms with Crippen molar-refractivity contribution in [2.45, 2.75) is 19.3 Å². The van der Waals surface area contributed by atoms with Gasteiger partial charge in [-0.3, -0.25) is 4.79 Å². The summed E-state index contributed by atoms with van der Waals surface area (Å²) in [7, 11) is 0. The first-order valence-corrected chi connectivity index (χ1v) is 5.73. The number of nitrogens with one attached hydrogen (secondary N) is 1. The molecule has 0 aliphatic heterocycles. The van der Waals surface area contributed by atoms with Crippen molar-refractivity contribution in [2.75, 3.05) is 12.4 Å². The smallest absolute Gasteiger partial charge is 0.220 e. The highest BCUT2D eigenvalue weighted by Crippen LogP contribution is 1.98. The van der Waals surface area contributed by atoms with Crippen LogP contribution in [0.5, 0.6) is 0 Å². The zero-order valence-corrected chi connectivity index (χ0v) is 9.46. The molecule has 15 heavy (non-hydrogen) atoms. The second-order valence-corrected chi connectivity index (χ2v) is 3.76. The summed E-state index contributed by atoms with van der Waals surface area (Å²) >= 11 is 5.50. The van der Waals surface area contributed by atoms with Crippen LogP contribution in [0, 0.1) is 0 Å². The average molecular weight is 226 g/mol. The summed E-state index contributed by atoms with van der Waals surface area (Å²) in [6.07, 6.45) is 2.16. The second-order valence-electron chi connectivity index (χ2n) is 3.38. The van der Waals surface area contributed by atoms with Crippen molar-refractivity contribution in [3.63, 3.8) is 0 Å². The van der Waals surface area contributed by atoms with Crippen LogP contribution in [0.15, 0.2) is 30.3 Å². The molecule has 1 rings (SSSR count). The zero-order chi connectivity index (χ0) is 10.9. The van der Waals surface area contributed by atoms with E-state index >= 15 is 0 Å². The number of rotatable bonds is 6. The summed E-state index contributed by atoms with van der Waals surface area (Å²) in [5.74, 6) is 0.637. The van der Waals surface area contributed by atoms with Gasteiger partial charge in [-0.05, 0) is 18.4 Å². The summed E-state index contributed by atoms with van der Waals surface area (Å²) in [6, 6.07) is 10.1. The molecule has 0 saturated heterocycles. The molecule has 0 unspecified atom stereocenters. The van der Waals surface area contributed by atoms with E-state index in [-0.39, 0.29) is 5.91 Å². The van der Waals surface area contributed by atoms with Crippen molar-refractivity contribution in [3.8, 4) is 0 Å². The minimum absolute atomic E-state index is 0.0894. The van der Waals surface area contributed by atoms with E-state index in [2.05, 4.69) is 17.4 Å². The lowest BCUT2D eigenvalue weighted by molar-refractivity contribution is -0.121. The number of carbonyl (C=O) groups excluding carboxylic acids is 1. The van der Waals surface area contributed by atoms with Crippen LogP contribution in [-0.4, -0.2) is 18.3 Å². The molecule has 0 aliphatic rings. The van der Waals surface area contributed by atoms with Gasteiger partial charge < -0.3 is 5.32 Å². The molecule has 0 bridgehead atoms. The third-order valence-corrected chi connectivity index (χ3v) is 2.38. The highest BCUT2D eigenvalue weighted by Gasteiger charge is 1.99. The first-order chi connectivity index (χ1) is 7.33. The standard InChI is InChI=1S/C12H16ClNO/c13-9-4-7-12(15)14-10-8-11-5-2-1-3-6-11/h1-3,5-6H,4,7-10H2,(H,14,15). The fourth-order valence-corrected chi connectivity index (χ4v) is 1.44. The van der Waals surface area contributed by atoms with Gasteiger partial charge in [0.2, 0.25) is 5.91 Å². The van der Waals surface area contributed by atoms with Crippen LogP contribution in [0.2, 0.25) is 0 Å². The Morgan fingerprint density at radius 3 is 2.67 bits per heavy atom. The van der Waals surface area contributed by atoms with Gasteiger partial charge in [0.05, 0.1) is 0 Å². The number of hydrogen-bond donors (Lipinski definition) is 1. The Morgan fingerprint density at radius 2 is 2.00 bits per heavy atom. The van der Waals surface area contributed by atoms with E-state index in [9.17, 15) is 4.79 Å². The third kappa shape index (κ3) is 5.43. The summed E-state index contributed by atoms with van der Waals surface area (Å²) in [6.45, 7) is 0.700. The van der Waals surface area contributed by atoms with E-state index in [1.165, 1.54) is 5.56 Å². The molecule has 0 atom stereocenters. The Bertz CT molecular complexity index is 287. The molecule has 0 radical (unpaired) electrons. The number of amides is 1. The second kappa shape index (κ2) is 7.30. The maximum Gasteiger partial charge on any atom is 0.220 e. The summed E-state index contributed by atoms with van der Waals surface area (Å²) in [4.78, 5) is 11.2. The highest BCUT2D eigenvalue weighted by molar-refractivity contribution is 6.17. The SMILES string of the molecule is O=C(CCCCl)NCCc1ccccc1. The van der Waals surface area contributed by atoms with Crippen LogP contribution in [0.25, 0.3) is 0 Å². The van der Waals surface area contributed by atoms with Crippen LogP contribution < -0.4 is 5.32 Å². The molecule has 3 heteroatoms. The summed E-state index contributed by atoms with van der Waals surface area (Å²) in [5.41, 5.74) is 1.25. The van der Waals surface area contributed by atoms with E-state index < -0.39 is 0 Å². The lowest BCUT2D eigenvalue weighted by atomic mass is 10.1. The third-order valence-electron chi connectivity index (χ3n) is 2.12. The van der Waals surface area contributed by atoms with Gasteiger partial charge in [0, 0.05) is 18.8 Å². The maximum absolute atomic E-state index is 11.2. The molecule has 1 aromatic rings. The Labute approximate surface area is 95.6 Å². The van der Waals surface area contributed by atoms with Crippen LogP contribution in [0.1, 0.15) is 18.4 Å². The van der Waals surface area contributed by atoms with E-state index in [1.807, 2.05) is 18.2 Å². The molecule has 82 valence electrons. The topological polar surface area (TPSA) is 29.1 Å². The highest BCUT2D eigenvalue weighted by atomic mass is 35.5. The van der Waals surface area contributed by atoms with Crippen LogP contribution >= 0.6 is 11.6 Å². The molecule has 0 fully saturated rings. The van der Waals surface area contributed by atoms with Gasteiger partial charge in [-0.25, -0.2) is 0 Å².